The molecule has 3 amide bonds. The van der Waals surface area contributed by atoms with Gasteiger partial charge in [0.15, 0.2) is 0 Å². The minimum absolute atomic E-state index is 0.0113. The van der Waals surface area contributed by atoms with E-state index in [2.05, 4.69) is 20.1 Å². The number of carbonyl (C=O) groups excluding carboxylic acids is 3. The van der Waals surface area contributed by atoms with Gasteiger partial charge in [-0.15, -0.1) is 24.9 Å². The van der Waals surface area contributed by atoms with Crippen molar-refractivity contribution < 1.29 is 19.5 Å². The summed E-state index contributed by atoms with van der Waals surface area (Å²) in [5, 5.41) is 9.30. The highest BCUT2D eigenvalue weighted by molar-refractivity contribution is 8.02. The van der Waals surface area contributed by atoms with Crippen molar-refractivity contribution >= 4 is 29.5 Å². The molecular formula is C32H45N3O4S. The van der Waals surface area contributed by atoms with Crippen LogP contribution in [0.5, 0.6) is 0 Å². The molecule has 1 aromatic carbocycles. The molecule has 0 radical (unpaired) electrons. The van der Waals surface area contributed by atoms with Crippen molar-refractivity contribution in [3.05, 3.63) is 61.2 Å². The van der Waals surface area contributed by atoms with E-state index >= 15 is 0 Å². The maximum Gasteiger partial charge on any atom is 0.247 e. The number of unbranched alkanes of at least 4 members (excludes halogenated alkanes) is 2. The van der Waals surface area contributed by atoms with Crippen molar-refractivity contribution in [3.63, 3.8) is 0 Å². The van der Waals surface area contributed by atoms with Gasteiger partial charge in [-0.1, -0.05) is 49.4 Å². The second-order valence-corrected chi connectivity index (χ2v) is 13.5. The summed E-state index contributed by atoms with van der Waals surface area (Å²) in [6.45, 7) is 14.4. The number of hydrogen-bond acceptors (Lipinski definition) is 5. The summed E-state index contributed by atoms with van der Waals surface area (Å²) in [4.78, 5) is 48.5. The van der Waals surface area contributed by atoms with Crippen LogP contribution in [0, 0.1) is 11.8 Å². The summed E-state index contributed by atoms with van der Waals surface area (Å²) in [6.07, 6.45) is 7.99. The molecule has 3 saturated heterocycles. The zero-order chi connectivity index (χ0) is 28.9. The summed E-state index contributed by atoms with van der Waals surface area (Å²) in [6, 6.07) is 9.26. The van der Waals surface area contributed by atoms with Gasteiger partial charge in [-0.3, -0.25) is 14.4 Å². The quantitative estimate of drug-likeness (QED) is 0.253. The predicted octanol–water partition coefficient (Wildman–Crippen LogP) is 4.27. The van der Waals surface area contributed by atoms with Crippen molar-refractivity contribution in [3.8, 4) is 0 Å². The molecule has 3 aliphatic rings. The maximum absolute atomic E-state index is 14.6. The molecule has 1 N–H and O–H groups in total. The predicted molar refractivity (Wildman–Crippen MR) is 161 cm³/mol. The molecule has 0 saturated carbocycles. The van der Waals surface area contributed by atoms with E-state index in [9.17, 15) is 19.5 Å². The minimum atomic E-state index is -0.637. The number of amides is 3. The van der Waals surface area contributed by atoms with E-state index in [1.165, 1.54) is 0 Å². The Kier molecular flexibility index (Phi) is 9.83. The van der Waals surface area contributed by atoms with E-state index in [0.717, 1.165) is 31.2 Å². The highest BCUT2D eigenvalue weighted by Crippen LogP contribution is 2.71. The molecule has 5 atom stereocenters. The zero-order valence-corrected chi connectivity index (χ0v) is 24.9. The Morgan fingerprint density at radius 1 is 1.07 bits per heavy atom. The fourth-order valence-corrected chi connectivity index (χ4v) is 9.52. The summed E-state index contributed by atoms with van der Waals surface area (Å²) < 4.78 is -1.03. The molecule has 3 fully saturated rings. The summed E-state index contributed by atoms with van der Waals surface area (Å²) >= 11 is 1.72. The van der Waals surface area contributed by atoms with Crippen LogP contribution in [0.4, 0.5) is 0 Å². The lowest BCUT2D eigenvalue weighted by molar-refractivity contribution is -0.145. The maximum atomic E-state index is 14.6. The molecule has 4 rings (SSSR count). The number of rotatable bonds is 15. The van der Waals surface area contributed by atoms with E-state index < -0.39 is 27.4 Å². The van der Waals surface area contributed by atoms with Gasteiger partial charge >= 0.3 is 0 Å². The number of hydrogen-bond donors (Lipinski definition) is 1. The lowest BCUT2D eigenvalue weighted by Gasteiger charge is -2.38. The Labute approximate surface area is 243 Å². The van der Waals surface area contributed by atoms with Crippen LogP contribution >= 0.6 is 11.8 Å². The topological polar surface area (TPSA) is 81.2 Å². The number of fused-ring (bicyclic) bond motifs is 1. The Morgan fingerprint density at radius 3 is 2.42 bits per heavy atom. The third-order valence-corrected chi connectivity index (χ3v) is 10.9. The molecule has 0 aromatic heterocycles. The van der Waals surface area contributed by atoms with Crippen molar-refractivity contribution in [2.45, 2.75) is 74.5 Å². The molecule has 1 spiro atoms. The molecule has 7 nitrogen and oxygen atoms in total. The van der Waals surface area contributed by atoms with Crippen LogP contribution in [0.15, 0.2) is 55.6 Å². The van der Waals surface area contributed by atoms with Crippen LogP contribution in [0.3, 0.4) is 0 Å². The van der Waals surface area contributed by atoms with E-state index in [1.54, 1.807) is 28.8 Å². The van der Waals surface area contributed by atoms with Crippen LogP contribution < -0.4 is 0 Å². The molecule has 0 aliphatic carbocycles. The number of benzene rings is 1. The third-order valence-electron chi connectivity index (χ3n) is 8.87. The van der Waals surface area contributed by atoms with Crippen LogP contribution in [-0.4, -0.2) is 85.8 Å². The van der Waals surface area contributed by atoms with Gasteiger partial charge in [-0.05, 0) is 51.0 Å². The smallest absolute Gasteiger partial charge is 0.247 e. The standard InChI is InChI=1S/C32H45N3O4S/c1-5-18-33(19-6-2)28(37)25-26-29(38)35(21-12-9-13-22-36)27(32(26)17-16-31(25,4)40-32)30(39)34(20-7-3)23-24-14-10-8-11-15-24/h5,7-8,10-11,14-15,25-27,36H,1,3,6,9,12-13,16-23H2,2,4H3/t25-,26+,27?,31+,32?/m1/s1. The SMILES string of the molecule is C=CCN(Cc1ccccc1)C(=O)C1N(CCCCCO)C(=O)[C@@H]2[C@H](C(=O)N(CC=C)CCC)[C@]3(C)CCC12S3. The lowest BCUT2D eigenvalue weighted by atomic mass is 9.66. The van der Waals surface area contributed by atoms with Crippen molar-refractivity contribution in [2.75, 3.05) is 32.8 Å². The summed E-state index contributed by atoms with van der Waals surface area (Å²) in [7, 11) is 0. The first kappa shape index (κ1) is 30.4. The van der Waals surface area contributed by atoms with E-state index in [0.29, 0.717) is 45.6 Å². The van der Waals surface area contributed by atoms with Crippen LogP contribution in [0.1, 0.15) is 57.9 Å². The lowest BCUT2D eigenvalue weighted by Crippen LogP contribution is -2.55. The van der Waals surface area contributed by atoms with Gasteiger partial charge in [-0.25, -0.2) is 0 Å². The highest BCUT2D eigenvalue weighted by atomic mass is 32.2. The van der Waals surface area contributed by atoms with Crippen LogP contribution in [-0.2, 0) is 20.9 Å². The first-order chi connectivity index (χ1) is 19.3. The average molecular weight is 568 g/mol. The van der Waals surface area contributed by atoms with E-state index in [-0.39, 0.29) is 24.3 Å². The largest absolute Gasteiger partial charge is 0.396 e. The molecule has 1 aromatic rings. The molecule has 2 bridgehead atoms. The van der Waals surface area contributed by atoms with Crippen molar-refractivity contribution in [1.82, 2.24) is 14.7 Å². The second-order valence-electron chi connectivity index (χ2n) is 11.6. The number of likely N-dealkylation sites (tertiary alicyclic amines) is 1. The molecular weight excluding hydrogens is 522 g/mol. The van der Waals surface area contributed by atoms with Gasteiger partial charge in [0, 0.05) is 44.1 Å². The third kappa shape index (κ3) is 5.49. The average Bonchev–Trinajstić information content (AvgIpc) is 3.51. The fourth-order valence-electron chi connectivity index (χ4n) is 7.17. The first-order valence-corrected chi connectivity index (χ1v) is 15.5. The Morgan fingerprint density at radius 2 is 1.77 bits per heavy atom. The molecule has 2 unspecified atom stereocenters. The zero-order valence-electron chi connectivity index (χ0n) is 24.1. The van der Waals surface area contributed by atoms with Gasteiger partial charge in [0.05, 0.1) is 16.6 Å². The minimum Gasteiger partial charge on any atom is -0.396 e. The first-order valence-electron chi connectivity index (χ1n) is 14.7. The molecule has 3 aliphatic heterocycles. The monoisotopic (exact) mass is 567 g/mol. The number of nitrogens with zero attached hydrogens (tertiary/aromatic N) is 3. The van der Waals surface area contributed by atoms with Crippen LogP contribution in [0.25, 0.3) is 0 Å². The number of carbonyl (C=O) groups is 3. The van der Waals surface area contributed by atoms with Gasteiger partial charge in [-0.2, -0.15) is 0 Å². The fraction of sp³-hybridized carbons (Fsp3) is 0.594. The van der Waals surface area contributed by atoms with Crippen molar-refractivity contribution in [2.24, 2.45) is 11.8 Å². The molecule has 218 valence electrons. The Hall–Kier alpha value is -2.58. The van der Waals surface area contributed by atoms with E-state index in [1.807, 2.05) is 47.1 Å². The highest BCUT2D eigenvalue weighted by Gasteiger charge is 2.77. The van der Waals surface area contributed by atoms with Gasteiger partial charge in [0.25, 0.3) is 0 Å². The molecule has 40 heavy (non-hydrogen) atoms. The summed E-state index contributed by atoms with van der Waals surface area (Å²) in [5.41, 5.74) is 1.02. The van der Waals surface area contributed by atoms with E-state index in [4.69, 9.17) is 0 Å². The Bertz CT molecular complexity index is 1100. The van der Waals surface area contributed by atoms with Gasteiger partial charge in [0.2, 0.25) is 17.7 Å². The second kappa shape index (κ2) is 12.9. The van der Waals surface area contributed by atoms with Gasteiger partial charge < -0.3 is 19.8 Å². The number of aliphatic hydroxyl groups is 1. The van der Waals surface area contributed by atoms with Crippen molar-refractivity contribution in [1.29, 1.82) is 0 Å². The molecule has 8 heteroatoms. The normalized spacial score (nSPS) is 28.4. The van der Waals surface area contributed by atoms with Crippen LogP contribution in [0.2, 0.25) is 0 Å². The number of thioether (sulfide) groups is 1. The molecule has 3 heterocycles. The Balaban J connectivity index is 1.73. The summed E-state index contributed by atoms with van der Waals surface area (Å²) in [5.74, 6) is -1.11. The van der Waals surface area contributed by atoms with Gasteiger partial charge in [0.1, 0.15) is 6.04 Å². The number of aliphatic hydroxyl groups excluding tert-OH is 1.